The topological polar surface area (TPSA) is 72.1 Å². The van der Waals surface area contributed by atoms with E-state index in [1.165, 1.54) is 4.90 Å². The van der Waals surface area contributed by atoms with Gasteiger partial charge in [-0.05, 0) is 18.4 Å². The average molecular weight is 440 g/mol. The highest BCUT2D eigenvalue weighted by molar-refractivity contribution is 7.86. The van der Waals surface area contributed by atoms with Crippen LogP contribution in [0.2, 0.25) is 0 Å². The fourth-order valence-corrected chi connectivity index (χ4v) is 5.75. The second-order valence-electron chi connectivity index (χ2n) is 8.25. The van der Waals surface area contributed by atoms with Crippen molar-refractivity contribution >= 4 is 16.7 Å². The molecule has 30 heavy (non-hydrogen) atoms. The van der Waals surface area contributed by atoms with Gasteiger partial charge in [0.1, 0.15) is 5.69 Å². The van der Waals surface area contributed by atoms with E-state index < -0.39 is 34.7 Å². The molecule has 1 aromatic carbocycles. The summed E-state index contributed by atoms with van der Waals surface area (Å²) in [6.07, 6.45) is -2.56. The number of anilines is 1. The van der Waals surface area contributed by atoms with Gasteiger partial charge in [0, 0.05) is 46.4 Å². The molecule has 3 heterocycles. The van der Waals surface area contributed by atoms with E-state index in [0.717, 1.165) is 5.56 Å². The second kappa shape index (κ2) is 6.71. The van der Waals surface area contributed by atoms with Gasteiger partial charge in [0.05, 0.1) is 17.3 Å². The Labute approximate surface area is 173 Å². The molecule has 160 valence electrons. The number of nitrogens with two attached hydrogens (primary N) is 1. The zero-order chi connectivity index (χ0) is 21.3. The maximum atomic E-state index is 14.5. The van der Waals surface area contributed by atoms with Crippen molar-refractivity contribution in [3.05, 3.63) is 41.1 Å². The first-order valence-corrected chi connectivity index (χ1v) is 11.3. The summed E-state index contributed by atoms with van der Waals surface area (Å²) in [5.41, 5.74) is 7.40. The SMILES string of the molecule is NC1(c2ccc(-c3nc(N4CCC4C(F)F)nc4c3CCC4(F)F)cc2)CS(=O)C1. The lowest BCUT2D eigenvalue weighted by Crippen LogP contribution is -2.55. The van der Waals surface area contributed by atoms with Gasteiger partial charge in [0.2, 0.25) is 5.95 Å². The molecule has 3 aliphatic rings. The molecule has 0 radical (unpaired) electrons. The molecule has 5 rings (SSSR count). The lowest BCUT2D eigenvalue weighted by atomic mass is 9.92. The zero-order valence-electron chi connectivity index (χ0n) is 16.0. The molecule has 2 saturated heterocycles. The number of alkyl halides is 4. The Hall–Kier alpha value is -2.07. The number of hydrogen-bond acceptors (Lipinski definition) is 5. The normalized spacial score (nSPS) is 29.5. The van der Waals surface area contributed by atoms with E-state index in [1.54, 1.807) is 24.3 Å². The third-order valence-corrected chi connectivity index (χ3v) is 7.89. The molecule has 1 aromatic heterocycles. The van der Waals surface area contributed by atoms with Crippen molar-refractivity contribution in [1.82, 2.24) is 9.97 Å². The van der Waals surface area contributed by atoms with Crippen LogP contribution in [-0.2, 0) is 28.7 Å². The van der Waals surface area contributed by atoms with Crippen molar-refractivity contribution in [2.24, 2.45) is 5.73 Å². The molecule has 1 aliphatic carbocycles. The summed E-state index contributed by atoms with van der Waals surface area (Å²) < 4.78 is 66.8. The van der Waals surface area contributed by atoms with Crippen LogP contribution in [0.3, 0.4) is 0 Å². The minimum atomic E-state index is -3.11. The Bertz CT molecular complexity index is 1020. The minimum absolute atomic E-state index is 0.0735. The van der Waals surface area contributed by atoms with Crippen molar-refractivity contribution in [2.75, 3.05) is 23.0 Å². The van der Waals surface area contributed by atoms with Crippen LogP contribution in [0.15, 0.2) is 24.3 Å². The maximum Gasteiger partial charge on any atom is 0.290 e. The van der Waals surface area contributed by atoms with Crippen LogP contribution in [0.5, 0.6) is 0 Å². The highest BCUT2D eigenvalue weighted by Gasteiger charge is 2.45. The predicted octanol–water partition coefficient (Wildman–Crippen LogP) is 2.94. The monoisotopic (exact) mass is 440 g/mol. The van der Waals surface area contributed by atoms with Crippen molar-refractivity contribution in [3.8, 4) is 11.3 Å². The number of halogens is 4. The number of nitrogens with zero attached hydrogens (tertiary/aromatic N) is 3. The number of aromatic nitrogens is 2. The lowest BCUT2D eigenvalue weighted by molar-refractivity contribution is -0.00600. The van der Waals surface area contributed by atoms with E-state index in [2.05, 4.69) is 9.97 Å². The lowest BCUT2D eigenvalue weighted by Gasteiger charge is -2.40. The van der Waals surface area contributed by atoms with Gasteiger partial charge in [-0.1, -0.05) is 24.3 Å². The summed E-state index contributed by atoms with van der Waals surface area (Å²) in [4.78, 5) is 9.75. The third kappa shape index (κ3) is 3.03. The first kappa shape index (κ1) is 19.9. The molecular weight excluding hydrogens is 420 g/mol. The molecule has 2 N–H and O–H groups in total. The molecule has 2 fully saturated rings. The van der Waals surface area contributed by atoms with Crippen LogP contribution < -0.4 is 10.6 Å². The predicted molar refractivity (Wildman–Crippen MR) is 105 cm³/mol. The fraction of sp³-hybridized carbons (Fsp3) is 0.500. The largest absolute Gasteiger partial charge is 0.332 e. The van der Waals surface area contributed by atoms with E-state index in [9.17, 15) is 21.8 Å². The van der Waals surface area contributed by atoms with Gasteiger partial charge in [-0.25, -0.2) is 18.7 Å². The summed E-state index contributed by atoms with van der Waals surface area (Å²) >= 11 is 0. The van der Waals surface area contributed by atoms with E-state index in [1.807, 2.05) is 0 Å². The molecule has 5 nitrogen and oxygen atoms in total. The number of hydrogen-bond donors (Lipinski definition) is 1. The minimum Gasteiger partial charge on any atom is -0.332 e. The standard InChI is InChI=1S/C20H20F4N4OS/c21-17(22)14-6-8-28(14)18-26-15(13-5-7-20(23,24)16(13)27-18)11-1-3-12(4-2-11)19(25)9-30(29)10-19/h1-4,14,17H,5-10,25H2. The Balaban J connectivity index is 1.55. The molecule has 1 unspecified atom stereocenters. The van der Waals surface area contributed by atoms with Crippen molar-refractivity contribution < 1.29 is 21.8 Å². The second-order valence-corrected chi connectivity index (χ2v) is 9.71. The summed E-state index contributed by atoms with van der Waals surface area (Å²) in [5.74, 6) is -2.41. The first-order chi connectivity index (χ1) is 14.2. The van der Waals surface area contributed by atoms with Gasteiger partial charge in [0.15, 0.2) is 0 Å². The van der Waals surface area contributed by atoms with Crippen LogP contribution in [-0.4, -0.2) is 44.7 Å². The summed E-state index contributed by atoms with van der Waals surface area (Å²) in [6, 6.07) is 6.02. The van der Waals surface area contributed by atoms with Gasteiger partial charge in [0.25, 0.3) is 12.3 Å². The highest BCUT2D eigenvalue weighted by atomic mass is 32.2. The van der Waals surface area contributed by atoms with Gasteiger partial charge in [-0.2, -0.15) is 8.78 Å². The van der Waals surface area contributed by atoms with Crippen LogP contribution in [0.1, 0.15) is 29.7 Å². The van der Waals surface area contributed by atoms with Gasteiger partial charge >= 0.3 is 0 Å². The number of benzene rings is 1. The highest BCUT2D eigenvalue weighted by Crippen LogP contribution is 2.45. The first-order valence-electron chi connectivity index (χ1n) is 9.77. The maximum absolute atomic E-state index is 14.5. The molecule has 0 amide bonds. The van der Waals surface area contributed by atoms with E-state index in [-0.39, 0.29) is 30.9 Å². The van der Waals surface area contributed by atoms with E-state index >= 15 is 0 Å². The van der Waals surface area contributed by atoms with Crippen LogP contribution in [0.4, 0.5) is 23.5 Å². The molecule has 10 heteroatoms. The Morgan fingerprint density at radius 2 is 1.87 bits per heavy atom. The fourth-order valence-electron chi connectivity index (χ4n) is 4.36. The third-order valence-electron chi connectivity index (χ3n) is 6.21. The van der Waals surface area contributed by atoms with E-state index in [0.29, 0.717) is 34.9 Å². The molecule has 0 saturated carbocycles. The van der Waals surface area contributed by atoms with Crippen molar-refractivity contribution in [1.29, 1.82) is 0 Å². The number of fused-ring (bicyclic) bond motifs is 1. The van der Waals surface area contributed by atoms with Gasteiger partial charge < -0.3 is 10.6 Å². The van der Waals surface area contributed by atoms with E-state index in [4.69, 9.17) is 5.73 Å². The smallest absolute Gasteiger partial charge is 0.290 e. The summed E-state index contributed by atoms with van der Waals surface area (Å²) in [7, 11) is -0.918. The number of rotatable bonds is 4. The van der Waals surface area contributed by atoms with Crippen molar-refractivity contribution in [2.45, 2.75) is 43.2 Å². The quantitative estimate of drug-likeness (QED) is 0.741. The zero-order valence-corrected chi connectivity index (χ0v) is 16.8. The van der Waals surface area contributed by atoms with Crippen LogP contribution >= 0.6 is 0 Å². The Morgan fingerprint density at radius 1 is 1.17 bits per heavy atom. The van der Waals surface area contributed by atoms with Crippen molar-refractivity contribution in [3.63, 3.8) is 0 Å². The summed E-state index contributed by atoms with van der Waals surface area (Å²) in [5, 5.41) is 0. The molecule has 2 aromatic rings. The van der Waals surface area contributed by atoms with Gasteiger partial charge in [-0.15, -0.1) is 0 Å². The Kier molecular flexibility index (Phi) is 4.45. The Morgan fingerprint density at radius 3 is 2.43 bits per heavy atom. The van der Waals surface area contributed by atoms with Crippen LogP contribution in [0.25, 0.3) is 11.3 Å². The summed E-state index contributed by atoms with van der Waals surface area (Å²) in [6.45, 7) is 0.310. The molecule has 0 bridgehead atoms. The average Bonchev–Trinajstić information content (AvgIpc) is 2.94. The molecular formula is C20H20F4N4OS. The molecule has 0 spiro atoms. The van der Waals surface area contributed by atoms with Gasteiger partial charge in [-0.3, -0.25) is 4.21 Å². The van der Waals surface area contributed by atoms with Crippen LogP contribution in [0, 0.1) is 0 Å². The molecule has 2 aliphatic heterocycles. The molecule has 1 atom stereocenters.